The second-order valence-electron chi connectivity index (χ2n) is 8.11. The average molecular weight is 484 g/mol. The molecule has 1 N–H and O–H groups in total. The summed E-state index contributed by atoms with van der Waals surface area (Å²) in [5.74, 6) is 1.08. The van der Waals surface area contributed by atoms with Crippen molar-refractivity contribution >= 4 is 28.3 Å². The summed E-state index contributed by atoms with van der Waals surface area (Å²) in [6.07, 6.45) is 0.914. The summed E-state index contributed by atoms with van der Waals surface area (Å²) in [4.78, 5) is 30.6. The predicted octanol–water partition coefficient (Wildman–Crippen LogP) is 4.44. The van der Waals surface area contributed by atoms with E-state index in [1.54, 1.807) is 36.4 Å². The van der Waals surface area contributed by atoms with E-state index in [0.29, 0.717) is 34.8 Å². The maximum atomic E-state index is 13.3. The van der Waals surface area contributed by atoms with Gasteiger partial charge >= 0.3 is 5.69 Å². The fourth-order valence-corrected chi connectivity index (χ4v) is 3.88. The largest absolute Gasteiger partial charge is 0.494 e. The van der Waals surface area contributed by atoms with Gasteiger partial charge in [-0.2, -0.15) is 0 Å². The highest BCUT2D eigenvalue weighted by Gasteiger charge is 2.19. The van der Waals surface area contributed by atoms with Gasteiger partial charge in [0.1, 0.15) is 18.0 Å². The van der Waals surface area contributed by atoms with E-state index >= 15 is 0 Å². The smallest absolute Gasteiger partial charge is 0.351 e. The van der Waals surface area contributed by atoms with Gasteiger partial charge in [-0.3, -0.25) is 4.79 Å². The van der Waals surface area contributed by atoms with Crippen molar-refractivity contribution in [2.24, 2.45) is 0 Å². The summed E-state index contributed by atoms with van der Waals surface area (Å²) >= 11 is 0. The van der Waals surface area contributed by atoms with E-state index in [0.717, 1.165) is 11.1 Å². The summed E-state index contributed by atoms with van der Waals surface area (Å²) in [7, 11) is 0. The number of carbonyl (C=O) groups is 1. The lowest BCUT2D eigenvalue weighted by molar-refractivity contribution is -0.117. The minimum Gasteiger partial charge on any atom is -0.494 e. The Bertz CT molecular complexity index is 1590. The van der Waals surface area contributed by atoms with Crippen molar-refractivity contribution in [2.75, 3.05) is 11.9 Å². The molecule has 0 atom stereocenters. The van der Waals surface area contributed by atoms with Crippen LogP contribution in [0.1, 0.15) is 19.4 Å². The third kappa shape index (κ3) is 4.63. The first kappa shape index (κ1) is 23.1. The second-order valence-corrected chi connectivity index (χ2v) is 8.11. The number of amides is 1. The quantitative estimate of drug-likeness (QED) is 0.350. The topological polar surface area (TPSA) is 99.8 Å². The Morgan fingerprint density at radius 3 is 2.39 bits per heavy atom. The summed E-state index contributed by atoms with van der Waals surface area (Å²) in [6.45, 7) is 4.27. The van der Waals surface area contributed by atoms with Gasteiger partial charge in [0.25, 0.3) is 5.88 Å². The van der Waals surface area contributed by atoms with Gasteiger partial charge in [-0.05, 0) is 67.4 Å². The molecular formula is C27H25N5O4. The van der Waals surface area contributed by atoms with E-state index in [9.17, 15) is 9.59 Å². The SMILES string of the molecule is CCOc1ccc(NC(=O)Cn2nc3c(Oc4ccc(CC)cc4)nc4ccccc4n3c2=O)cc1. The van der Waals surface area contributed by atoms with Crippen LogP contribution in [0.4, 0.5) is 5.69 Å². The first-order valence-electron chi connectivity index (χ1n) is 11.7. The van der Waals surface area contributed by atoms with Crippen molar-refractivity contribution in [2.45, 2.75) is 26.8 Å². The minimum absolute atomic E-state index is 0.181. The summed E-state index contributed by atoms with van der Waals surface area (Å²) in [6, 6.07) is 21.9. The van der Waals surface area contributed by atoms with E-state index in [2.05, 4.69) is 22.3 Å². The molecule has 9 nitrogen and oxygen atoms in total. The Hall–Kier alpha value is -4.66. The van der Waals surface area contributed by atoms with Gasteiger partial charge in [0.15, 0.2) is 0 Å². The number of carbonyl (C=O) groups excluding carboxylic acids is 1. The van der Waals surface area contributed by atoms with Gasteiger partial charge < -0.3 is 14.8 Å². The number of nitrogens with zero attached hydrogens (tertiary/aromatic N) is 4. The molecule has 36 heavy (non-hydrogen) atoms. The lowest BCUT2D eigenvalue weighted by Gasteiger charge is -2.08. The van der Waals surface area contributed by atoms with Gasteiger partial charge in [-0.25, -0.2) is 18.9 Å². The highest BCUT2D eigenvalue weighted by molar-refractivity contribution is 5.90. The first-order chi connectivity index (χ1) is 17.6. The molecule has 182 valence electrons. The van der Waals surface area contributed by atoms with Crippen molar-refractivity contribution in [3.05, 3.63) is 88.8 Å². The summed E-state index contributed by atoms with van der Waals surface area (Å²) in [5.41, 5.74) is 2.68. The second kappa shape index (κ2) is 9.91. The minimum atomic E-state index is -0.461. The molecule has 0 radical (unpaired) electrons. The number of benzene rings is 3. The molecule has 1 amide bonds. The lowest BCUT2D eigenvalue weighted by Crippen LogP contribution is -2.28. The molecule has 0 bridgehead atoms. The predicted molar refractivity (Wildman–Crippen MR) is 137 cm³/mol. The fourth-order valence-electron chi connectivity index (χ4n) is 3.88. The van der Waals surface area contributed by atoms with E-state index in [-0.39, 0.29) is 24.0 Å². The highest BCUT2D eigenvalue weighted by Crippen LogP contribution is 2.26. The van der Waals surface area contributed by atoms with Crippen molar-refractivity contribution in [1.82, 2.24) is 19.2 Å². The number of anilines is 1. The Morgan fingerprint density at radius 2 is 1.67 bits per heavy atom. The Morgan fingerprint density at radius 1 is 0.944 bits per heavy atom. The van der Waals surface area contributed by atoms with E-state index in [1.807, 2.05) is 43.3 Å². The normalized spacial score (nSPS) is 11.1. The molecule has 5 rings (SSSR count). The molecule has 0 saturated carbocycles. The van der Waals surface area contributed by atoms with Crippen LogP contribution in [0.3, 0.4) is 0 Å². The van der Waals surface area contributed by atoms with Gasteiger partial charge in [0, 0.05) is 5.69 Å². The van der Waals surface area contributed by atoms with Crippen molar-refractivity contribution in [3.8, 4) is 17.4 Å². The van der Waals surface area contributed by atoms with Crippen LogP contribution in [0.2, 0.25) is 0 Å². The van der Waals surface area contributed by atoms with Crippen molar-refractivity contribution in [1.29, 1.82) is 0 Å². The number of nitrogens with one attached hydrogen (secondary N) is 1. The maximum Gasteiger partial charge on any atom is 0.351 e. The number of hydrogen-bond acceptors (Lipinski definition) is 6. The Kier molecular flexibility index (Phi) is 6.36. The van der Waals surface area contributed by atoms with Crippen LogP contribution >= 0.6 is 0 Å². The molecule has 0 aliphatic carbocycles. The molecule has 5 aromatic rings. The van der Waals surface area contributed by atoms with Crippen LogP contribution in [-0.2, 0) is 17.8 Å². The van der Waals surface area contributed by atoms with Crippen LogP contribution in [0.15, 0.2) is 77.6 Å². The van der Waals surface area contributed by atoms with Crippen LogP contribution < -0.4 is 20.5 Å². The summed E-state index contributed by atoms with van der Waals surface area (Å²) < 4.78 is 14.0. The number of fused-ring (bicyclic) bond motifs is 3. The molecule has 0 aliphatic heterocycles. The van der Waals surface area contributed by atoms with Crippen LogP contribution in [0, 0.1) is 0 Å². The van der Waals surface area contributed by atoms with Gasteiger partial charge in [-0.15, -0.1) is 5.10 Å². The summed E-state index contributed by atoms with van der Waals surface area (Å²) in [5, 5.41) is 7.19. The number of rotatable bonds is 8. The molecule has 0 aliphatic rings. The van der Waals surface area contributed by atoms with Crippen LogP contribution in [0.5, 0.6) is 17.4 Å². The zero-order chi connectivity index (χ0) is 25.1. The van der Waals surface area contributed by atoms with E-state index < -0.39 is 5.69 Å². The Balaban J connectivity index is 1.48. The Labute approximate surface area is 206 Å². The number of aromatic nitrogens is 4. The molecule has 2 aromatic heterocycles. The van der Waals surface area contributed by atoms with Gasteiger partial charge in [-0.1, -0.05) is 31.2 Å². The monoisotopic (exact) mass is 483 g/mol. The zero-order valence-electron chi connectivity index (χ0n) is 20.0. The molecule has 0 fully saturated rings. The fraction of sp³-hybridized carbons (Fsp3) is 0.185. The molecule has 3 aromatic carbocycles. The molecule has 9 heteroatoms. The van der Waals surface area contributed by atoms with E-state index in [1.165, 1.54) is 9.96 Å². The number of ether oxygens (including phenoxy) is 2. The molecule has 0 saturated heterocycles. The van der Waals surface area contributed by atoms with Crippen LogP contribution in [0.25, 0.3) is 16.7 Å². The standard InChI is InChI=1S/C27H25N5O4/c1-3-18-9-13-21(14-10-18)36-26-25-30-31(27(34)32(25)23-8-6-5-7-22(23)29-26)17-24(33)28-19-11-15-20(16-12-19)35-4-2/h5-16H,3-4,17H2,1-2H3,(H,28,33). The van der Waals surface area contributed by atoms with Gasteiger partial charge in [0.05, 0.1) is 17.6 Å². The molecule has 2 heterocycles. The third-order valence-corrected chi connectivity index (χ3v) is 5.66. The lowest BCUT2D eigenvalue weighted by atomic mass is 10.2. The third-order valence-electron chi connectivity index (χ3n) is 5.66. The highest BCUT2D eigenvalue weighted by atomic mass is 16.5. The molecule has 0 unspecified atom stereocenters. The van der Waals surface area contributed by atoms with Crippen molar-refractivity contribution in [3.63, 3.8) is 0 Å². The van der Waals surface area contributed by atoms with Gasteiger partial charge in [0.2, 0.25) is 11.6 Å². The first-order valence-corrected chi connectivity index (χ1v) is 11.7. The molecule has 0 spiro atoms. The number of aryl methyl sites for hydroxylation is 1. The molecular weight excluding hydrogens is 458 g/mol. The van der Waals surface area contributed by atoms with E-state index in [4.69, 9.17) is 9.47 Å². The van der Waals surface area contributed by atoms with Crippen molar-refractivity contribution < 1.29 is 14.3 Å². The average Bonchev–Trinajstić information content (AvgIpc) is 3.22. The number of para-hydroxylation sites is 2. The van der Waals surface area contributed by atoms with Crippen LogP contribution in [-0.4, -0.2) is 31.7 Å². The maximum absolute atomic E-state index is 13.3. The number of hydrogen-bond donors (Lipinski definition) is 1. The zero-order valence-corrected chi connectivity index (χ0v) is 20.0.